The number of nitro benzene ring substituents is 1. The molecule has 4 rings (SSSR count). The molecule has 0 aromatic heterocycles. The quantitative estimate of drug-likeness (QED) is 0.0900. The fourth-order valence-electron chi connectivity index (χ4n) is 3.77. The number of nitrogens with zero attached hydrogens (tertiary/aromatic N) is 2. The summed E-state index contributed by atoms with van der Waals surface area (Å²) in [6.07, 6.45) is 2.34. The van der Waals surface area contributed by atoms with Gasteiger partial charge in [0.25, 0.3) is 17.5 Å². The molecule has 2 amide bonds. The Morgan fingerprint density at radius 3 is 2.34 bits per heavy atom. The number of nitrogens with one attached hydrogen (secondary N) is 1. The van der Waals surface area contributed by atoms with Gasteiger partial charge in [-0.2, -0.15) is 0 Å². The van der Waals surface area contributed by atoms with Crippen LogP contribution in [0.4, 0.5) is 11.4 Å². The SMILES string of the molecule is CCc1ccc(N2C(=O)/C(=C/c3cc(I)c(OCc4ccc([N+](=O)[O-])cc4)c(OC)c3)C(=O)NC2=S)cc1. The minimum Gasteiger partial charge on any atom is -0.493 e. The van der Waals surface area contributed by atoms with Crippen molar-refractivity contribution < 1.29 is 24.0 Å². The summed E-state index contributed by atoms with van der Waals surface area (Å²) in [5.74, 6) is -0.256. The number of hydrogen-bond acceptors (Lipinski definition) is 7. The first-order chi connectivity index (χ1) is 18.2. The molecule has 0 spiro atoms. The lowest BCUT2D eigenvalue weighted by molar-refractivity contribution is -0.384. The predicted molar refractivity (Wildman–Crippen MR) is 155 cm³/mol. The Bertz CT molecular complexity index is 1450. The molecule has 3 aromatic rings. The number of carbonyl (C=O) groups is 2. The molecule has 1 heterocycles. The second kappa shape index (κ2) is 11.7. The second-order valence-corrected chi connectivity index (χ2v) is 9.77. The molecule has 1 fully saturated rings. The Balaban J connectivity index is 1.59. The third-order valence-electron chi connectivity index (χ3n) is 5.80. The number of thiocarbonyl (C=S) groups is 1. The summed E-state index contributed by atoms with van der Waals surface area (Å²) in [5, 5.41) is 13.5. The molecule has 0 bridgehead atoms. The number of rotatable bonds is 8. The minimum absolute atomic E-state index is 0.00287. The van der Waals surface area contributed by atoms with Gasteiger partial charge in [-0.25, -0.2) is 0 Å². The maximum Gasteiger partial charge on any atom is 0.270 e. The van der Waals surface area contributed by atoms with Crippen molar-refractivity contribution in [3.63, 3.8) is 0 Å². The van der Waals surface area contributed by atoms with Crippen LogP contribution in [0.2, 0.25) is 0 Å². The number of amides is 2. The highest BCUT2D eigenvalue weighted by Crippen LogP contribution is 2.35. The van der Waals surface area contributed by atoms with Crippen LogP contribution in [0.15, 0.2) is 66.2 Å². The van der Waals surface area contributed by atoms with Crippen LogP contribution in [-0.2, 0) is 22.6 Å². The molecule has 1 aliphatic heterocycles. The maximum absolute atomic E-state index is 13.3. The van der Waals surface area contributed by atoms with Crippen molar-refractivity contribution in [1.82, 2.24) is 5.32 Å². The van der Waals surface area contributed by atoms with Crippen molar-refractivity contribution in [3.05, 3.63) is 96.6 Å². The molecule has 1 aliphatic rings. The predicted octanol–water partition coefficient (Wildman–Crippen LogP) is 5.18. The average Bonchev–Trinajstić information content (AvgIpc) is 2.90. The van der Waals surface area contributed by atoms with E-state index in [0.717, 1.165) is 17.5 Å². The first-order valence-corrected chi connectivity index (χ1v) is 12.9. The molecule has 9 nitrogen and oxygen atoms in total. The van der Waals surface area contributed by atoms with Crippen molar-refractivity contribution in [2.75, 3.05) is 12.0 Å². The van der Waals surface area contributed by atoms with E-state index in [2.05, 4.69) is 27.9 Å². The van der Waals surface area contributed by atoms with Crippen molar-refractivity contribution in [2.24, 2.45) is 0 Å². The van der Waals surface area contributed by atoms with Gasteiger partial charge in [-0.15, -0.1) is 0 Å². The van der Waals surface area contributed by atoms with E-state index >= 15 is 0 Å². The van der Waals surface area contributed by atoms with E-state index in [1.165, 1.54) is 30.2 Å². The van der Waals surface area contributed by atoms with Crippen molar-refractivity contribution in [3.8, 4) is 11.5 Å². The third kappa shape index (κ3) is 5.83. The smallest absolute Gasteiger partial charge is 0.270 e. The summed E-state index contributed by atoms with van der Waals surface area (Å²) in [6.45, 7) is 2.20. The fraction of sp³-hybridized carbons (Fsp3) is 0.148. The van der Waals surface area contributed by atoms with Gasteiger partial charge in [-0.1, -0.05) is 19.1 Å². The number of nitro groups is 1. The lowest BCUT2D eigenvalue weighted by Gasteiger charge is -2.29. The number of carbonyl (C=O) groups excluding carboxylic acids is 2. The Labute approximate surface area is 237 Å². The summed E-state index contributed by atoms with van der Waals surface area (Å²) in [4.78, 5) is 37.8. The first-order valence-electron chi connectivity index (χ1n) is 11.5. The second-order valence-electron chi connectivity index (χ2n) is 8.22. The zero-order valence-electron chi connectivity index (χ0n) is 20.4. The molecule has 194 valence electrons. The van der Waals surface area contributed by atoms with Gasteiger partial charge in [0.15, 0.2) is 16.6 Å². The van der Waals surface area contributed by atoms with Gasteiger partial charge >= 0.3 is 0 Å². The number of benzene rings is 3. The molecule has 1 saturated heterocycles. The summed E-state index contributed by atoms with van der Waals surface area (Å²) >= 11 is 7.36. The van der Waals surface area contributed by atoms with Crippen LogP contribution in [0, 0.1) is 13.7 Å². The largest absolute Gasteiger partial charge is 0.493 e. The average molecular weight is 643 g/mol. The van der Waals surface area contributed by atoms with E-state index in [0.29, 0.717) is 26.3 Å². The van der Waals surface area contributed by atoms with Gasteiger partial charge < -0.3 is 9.47 Å². The van der Waals surface area contributed by atoms with Gasteiger partial charge in [0, 0.05) is 12.1 Å². The van der Waals surface area contributed by atoms with Crippen molar-refractivity contribution in [1.29, 1.82) is 0 Å². The summed E-state index contributed by atoms with van der Waals surface area (Å²) < 4.78 is 12.1. The number of ether oxygens (including phenoxy) is 2. The normalized spacial score (nSPS) is 14.4. The van der Waals surface area contributed by atoms with Gasteiger partial charge in [-0.3, -0.25) is 29.9 Å². The van der Waals surface area contributed by atoms with E-state index in [4.69, 9.17) is 21.7 Å². The van der Waals surface area contributed by atoms with Crippen molar-refractivity contribution >= 4 is 69.2 Å². The lowest BCUT2D eigenvalue weighted by atomic mass is 10.1. The molecule has 3 aromatic carbocycles. The Morgan fingerprint density at radius 1 is 1.08 bits per heavy atom. The zero-order valence-corrected chi connectivity index (χ0v) is 23.4. The standard InChI is InChI=1S/C27H22IN3O6S/c1-3-16-4-8-19(9-5-16)30-26(33)21(25(32)29-27(30)38)12-18-13-22(28)24(23(14-18)36-2)37-15-17-6-10-20(11-7-17)31(34)35/h4-14H,3,15H2,1-2H3,(H,29,32,38)/b21-12+. The number of hydrogen-bond donors (Lipinski definition) is 1. The molecule has 0 saturated carbocycles. The monoisotopic (exact) mass is 643 g/mol. The number of anilines is 1. The fourth-order valence-corrected chi connectivity index (χ4v) is 4.83. The number of halogens is 1. The number of methoxy groups -OCH3 is 1. The Hall–Kier alpha value is -3.84. The van der Waals surface area contributed by atoms with Crippen LogP contribution < -0.4 is 19.7 Å². The van der Waals surface area contributed by atoms with E-state index in [1.54, 1.807) is 36.4 Å². The Kier molecular flexibility index (Phi) is 8.37. The molecule has 0 aliphatic carbocycles. The minimum atomic E-state index is -0.589. The van der Waals surface area contributed by atoms with E-state index in [-0.39, 0.29) is 23.0 Å². The third-order valence-corrected chi connectivity index (χ3v) is 6.88. The molecular formula is C27H22IN3O6S. The van der Waals surface area contributed by atoms with Crippen LogP contribution in [-0.4, -0.2) is 29.0 Å². The van der Waals surface area contributed by atoms with Crippen LogP contribution in [0.25, 0.3) is 6.08 Å². The first kappa shape index (κ1) is 27.2. The molecule has 11 heteroatoms. The topological polar surface area (TPSA) is 111 Å². The van der Waals surface area contributed by atoms with E-state index in [1.807, 2.05) is 19.1 Å². The highest BCUT2D eigenvalue weighted by Gasteiger charge is 2.34. The van der Waals surface area contributed by atoms with Gasteiger partial charge in [0.05, 0.1) is 21.3 Å². The molecule has 0 unspecified atom stereocenters. The van der Waals surface area contributed by atoms with Crippen molar-refractivity contribution in [2.45, 2.75) is 20.0 Å². The van der Waals surface area contributed by atoms with Crippen LogP contribution in [0.3, 0.4) is 0 Å². The van der Waals surface area contributed by atoms with E-state index < -0.39 is 16.7 Å². The summed E-state index contributed by atoms with van der Waals surface area (Å²) in [7, 11) is 1.49. The molecule has 1 N–H and O–H groups in total. The lowest BCUT2D eigenvalue weighted by Crippen LogP contribution is -2.54. The van der Waals surface area contributed by atoms with Gasteiger partial charge in [-0.05, 0) is 100 Å². The molecular weight excluding hydrogens is 621 g/mol. The van der Waals surface area contributed by atoms with Crippen LogP contribution in [0.5, 0.6) is 11.5 Å². The van der Waals surface area contributed by atoms with Gasteiger partial charge in [0.1, 0.15) is 12.2 Å². The number of non-ortho nitro benzene ring substituents is 1. The van der Waals surface area contributed by atoms with Gasteiger partial charge in [0.2, 0.25) is 0 Å². The molecule has 0 atom stereocenters. The maximum atomic E-state index is 13.3. The number of aryl methyl sites for hydroxylation is 1. The molecule has 38 heavy (non-hydrogen) atoms. The Morgan fingerprint density at radius 2 is 1.74 bits per heavy atom. The van der Waals surface area contributed by atoms with E-state index in [9.17, 15) is 19.7 Å². The molecule has 0 radical (unpaired) electrons. The highest BCUT2D eigenvalue weighted by molar-refractivity contribution is 14.1. The van der Waals surface area contributed by atoms with Crippen LogP contribution in [0.1, 0.15) is 23.6 Å². The van der Waals surface area contributed by atoms with Crippen LogP contribution >= 0.6 is 34.8 Å². The zero-order chi connectivity index (χ0) is 27.4. The summed E-state index contributed by atoms with van der Waals surface area (Å²) in [5.41, 5.74) is 2.90. The highest BCUT2D eigenvalue weighted by atomic mass is 127. The summed E-state index contributed by atoms with van der Waals surface area (Å²) in [6, 6.07) is 16.9.